The third-order valence-electron chi connectivity index (χ3n) is 3.36. The van der Waals surface area contributed by atoms with Crippen LogP contribution in [-0.2, 0) is 10.0 Å². The number of piperidine rings is 1. The summed E-state index contributed by atoms with van der Waals surface area (Å²) in [5.74, 6) is -0.284. The monoisotopic (exact) mass is 394 g/mol. The molecule has 1 aromatic carbocycles. The lowest BCUT2D eigenvalue weighted by Gasteiger charge is -2.31. The molecule has 0 saturated carbocycles. The van der Waals surface area contributed by atoms with E-state index in [1.165, 1.54) is 10.6 Å². The minimum absolute atomic E-state index is 0.194. The van der Waals surface area contributed by atoms with Crippen LogP contribution in [-0.4, -0.2) is 44.0 Å². The predicted octanol–water partition coefficient (Wildman–Crippen LogP) is 2.26. The summed E-state index contributed by atoms with van der Waals surface area (Å²) in [7, 11) is -3.22. The number of carbonyl (C=O) groups is 1. The van der Waals surface area contributed by atoms with Crippen LogP contribution < -0.4 is 5.32 Å². The number of rotatable bonds is 3. The van der Waals surface area contributed by atoms with Crippen LogP contribution in [0.1, 0.15) is 23.2 Å². The number of nitrogens with one attached hydrogen (secondary N) is 1. The van der Waals surface area contributed by atoms with Gasteiger partial charge in [0.2, 0.25) is 10.0 Å². The number of halogens is 2. The molecular formula is C13H16BrClN2O3S. The first-order valence-corrected chi connectivity index (χ1v) is 9.50. The van der Waals surface area contributed by atoms with Crippen LogP contribution in [0.15, 0.2) is 22.7 Å². The molecule has 0 bridgehead atoms. The van der Waals surface area contributed by atoms with E-state index in [0.29, 0.717) is 23.7 Å². The molecule has 2 rings (SSSR count). The molecule has 1 aromatic rings. The van der Waals surface area contributed by atoms with Gasteiger partial charge in [0.05, 0.1) is 16.8 Å². The molecule has 1 unspecified atom stereocenters. The molecule has 0 spiro atoms. The molecule has 0 radical (unpaired) electrons. The maximum absolute atomic E-state index is 12.2. The summed E-state index contributed by atoms with van der Waals surface area (Å²) in [6, 6.07) is 4.84. The second kappa shape index (κ2) is 6.64. The average molecular weight is 396 g/mol. The predicted molar refractivity (Wildman–Crippen MR) is 86.1 cm³/mol. The highest BCUT2D eigenvalue weighted by molar-refractivity contribution is 9.10. The second-order valence-corrected chi connectivity index (χ2v) is 8.36. The maximum Gasteiger partial charge on any atom is 0.253 e. The molecule has 1 heterocycles. The highest BCUT2D eigenvalue weighted by Crippen LogP contribution is 2.22. The molecule has 8 heteroatoms. The molecule has 0 aromatic heterocycles. The zero-order chi connectivity index (χ0) is 15.6. The van der Waals surface area contributed by atoms with E-state index in [1.54, 1.807) is 18.2 Å². The Hall–Kier alpha value is -0.630. The number of hydrogen-bond donors (Lipinski definition) is 1. The minimum Gasteiger partial charge on any atom is -0.348 e. The van der Waals surface area contributed by atoms with Crippen molar-refractivity contribution in [2.24, 2.45) is 0 Å². The third kappa shape index (κ3) is 4.42. The molecule has 1 fully saturated rings. The smallest absolute Gasteiger partial charge is 0.253 e. The van der Waals surface area contributed by atoms with Gasteiger partial charge in [-0.1, -0.05) is 27.5 Å². The third-order valence-corrected chi connectivity index (χ3v) is 5.44. The van der Waals surface area contributed by atoms with Gasteiger partial charge >= 0.3 is 0 Å². The molecule has 21 heavy (non-hydrogen) atoms. The molecule has 1 saturated heterocycles. The van der Waals surface area contributed by atoms with Crippen molar-refractivity contribution in [2.45, 2.75) is 18.9 Å². The van der Waals surface area contributed by atoms with Crippen LogP contribution in [0.3, 0.4) is 0 Å². The molecule has 1 N–H and O–H groups in total. The fourth-order valence-corrected chi connectivity index (χ4v) is 3.97. The Morgan fingerprint density at radius 2 is 2.19 bits per heavy atom. The second-order valence-electron chi connectivity index (χ2n) is 5.06. The van der Waals surface area contributed by atoms with Crippen LogP contribution in [0, 0.1) is 0 Å². The largest absolute Gasteiger partial charge is 0.348 e. The summed E-state index contributed by atoms with van der Waals surface area (Å²) < 4.78 is 25.3. The zero-order valence-electron chi connectivity index (χ0n) is 11.5. The summed E-state index contributed by atoms with van der Waals surface area (Å²) in [5, 5.41) is 3.21. The van der Waals surface area contributed by atoms with Crippen LogP contribution in [0.2, 0.25) is 5.02 Å². The van der Waals surface area contributed by atoms with Gasteiger partial charge in [-0.2, -0.15) is 0 Å². The minimum atomic E-state index is -3.22. The van der Waals surface area contributed by atoms with E-state index in [4.69, 9.17) is 11.6 Å². The fraction of sp³-hybridized carbons (Fsp3) is 0.462. The molecule has 1 aliphatic heterocycles. The van der Waals surface area contributed by atoms with Gasteiger partial charge in [-0.15, -0.1) is 0 Å². The van der Waals surface area contributed by atoms with Gasteiger partial charge in [0.1, 0.15) is 0 Å². The lowest BCUT2D eigenvalue weighted by atomic mass is 10.1. The topological polar surface area (TPSA) is 66.5 Å². The summed E-state index contributed by atoms with van der Waals surface area (Å²) in [6.45, 7) is 0.808. The van der Waals surface area contributed by atoms with Crippen LogP contribution >= 0.6 is 27.5 Å². The van der Waals surface area contributed by atoms with Crippen molar-refractivity contribution in [3.63, 3.8) is 0 Å². The van der Waals surface area contributed by atoms with Gasteiger partial charge in [0.25, 0.3) is 5.91 Å². The molecular weight excluding hydrogens is 380 g/mol. The number of carbonyl (C=O) groups excluding carboxylic acids is 1. The number of hydrogen-bond acceptors (Lipinski definition) is 3. The van der Waals surface area contributed by atoms with Gasteiger partial charge in [-0.25, -0.2) is 12.7 Å². The van der Waals surface area contributed by atoms with Gasteiger partial charge in [-0.3, -0.25) is 4.79 Å². The van der Waals surface area contributed by atoms with Crippen molar-refractivity contribution in [3.8, 4) is 0 Å². The summed E-state index contributed by atoms with van der Waals surface area (Å²) in [4.78, 5) is 12.2. The first-order valence-electron chi connectivity index (χ1n) is 6.48. The molecule has 1 aliphatic rings. The molecule has 5 nitrogen and oxygen atoms in total. The standard InChI is InChI=1S/C13H16BrClN2O3S/c1-21(19,20)17-6-2-3-10(8-17)16-13(18)11-5-4-9(14)7-12(11)15/h4-5,7,10H,2-3,6,8H2,1H3,(H,16,18). The quantitative estimate of drug-likeness (QED) is 0.853. The van der Waals surface area contributed by atoms with E-state index >= 15 is 0 Å². The van der Waals surface area contributed by atoms with E-state index in [9.17, 15) is 13.2 Å². The van der Waals surface area contributed by atoms with Gasteiger partial charge in [-0.05, 0) is 31.0 Å². The fourth-order valence-electron chi connectivity index (χ4n) is 2.30. The van der Waals surface area contributed by atoms with Crippen molar-refractivity contribution < 1.29 is 13.2 Å². The molecule has 116 valence electrons. The Kier molecular flexibility index (Phi) is 5.29. The molecule has 1 atom stereocenters. The SMILES string of the molecule is CS(=O)(=O)N1CCCC(NC(=O)c2ccc(Br)cc2Cl)C1. The van der Waals surface area contributed by atoms with Crippen LogP contribution in [0.25, 0.3) is 0 Å². The normalized spacial score (nSPS) is 20.2. The average Bonchev–Trinajstić information content (AvgIpc) is 2.37. The molecule has 0 aliphatic carbocycles. The Morgan fingerprint density at radius 1 is 1.48 bits per heavy atom. The lowest BCUT2D eigenvalue weighted by Crippen LogP contribution is -2.49. The van der Waals surface area contributed by atoms with E-state index in [2.05, 4.69) is 21.2 Å². The first kappa shape index (κ1) is 16.7. The Bertz CT molecular complexity index is 651. The number of amides is 1. The number of sulfonamides is 1. The Balaban J connectivity index is 2.05. The zero-order valence-corrected chi connectivity index (χ0v) is 14.6. The Morgan fingerprint density at radius 3 is 2.81 bits per heavy atom. The lowest BCUT2D eigenvalue weighted by molar-refractivity contribution is 0.0921. The number of benzene rings is 1. The summed E-state index contributed by atoms with van der Waals surface area (Å²) >= 11 is 9.33. The summed E-state index contributed by atoms with van der Waals surface area (Å²) in [5.41, 5.74) is 0.386. The van der Waals surface area contributed by atoms with E-state index in [0.717, 1.165) is 17.3 Å². The first-order chi connectivity index (χ1) is 9.77. The van der Waals surface area contributed by atoms with Crippen LogP contribution in [0.5, 0.6) is 0 Å². The maximum atomic E-state index is 12.2. The van der Waals surface area contributed by atoms with Crippen molar-refractivity contribution in [1.82, 2.24) is 9.62 Å². The van der Waals surface area contributed by atoms with E-state index < -0.39 is 10.0 Å². The van der Waals surface area contributed by atoms with Gasteiger partial charge < -0.3 is 5.32 Å². The van der Waals surface area contributed by atoms with E-state index in [-0.39, 0.29) is 11.9 Å². The van der Waals surface area contributed by atoms with Crippen molar-refractivity contribution >= 4 is 43.5 Å². The summed E-state index contributed by atoms with van der Waals surface area (Å²) in [6.07, 6.45) is 2.67. The van der Waals surface area contributed by atoms with Crippen molar-refractivity contribution in [1.29, 1.82) is 0 Å². The van der Waals surface area contributed by atoms with Crippen molar-refractivity contribution in [2.75, 3.05) is 19.3 Å². The molecule has 1 amide bonds. The van der Waals surface area contributed by atoms with Gasteiger partial charge in [0.15, 0.2) is 0 Å². The Labute approximate surface area is 137 Å². The van der Waals surface area contributed by atoms with Crippen LogP contribution in [0.4, 0.5) is 0 Å². The number of nitrogens with zero attached hydrogens (tertiary/aromatic N) is 1. The van der Waals surface area contributed by atoms with E-state index in [1.807, 2.05) is 0 Å². The van der Waals surface area contributed by atoms with Crippen molar-refractivity contribution in [3.05, 3.63) is 33.3 Å². The highest BCUT2D eigenvalue weighted by atomic mass is 79.9. The van der Waals surface area contributed by atoms with Gasteiger partial charge in [0, 0.05) is 23.6 Å². The highest BCUT2D eigenvalue weighted by Gasteiger charge is 2.27.